The molecule has 5 heteroatoms. The first-order valence-corrected chi connectivity index (χ1v) is 7.72. The fourth-order valence-corrected chi connectivity index (χ4v) is 2.79. The molecule has 3 rings (SSSR count). The molecule has 2 heterocycles. The summed E-state index contributed by atoms with van der Waals surface area (Å²) < 4.78 is 5.07. The number of hydrogen-bond acceptors (Lipinski definition) is 5. The molecule has 0 aliphatic carbocycles. The maximum atomic E-state index is 5.07. The van der Waals surface area contributed by atoms with Crippen LogP contribution in [0.5, 0.6) is 0 Å². The third kappa shape index (κ3) is 3.20. The van der Waals surface area contributed by atoms with E-state index < -0.39 is 0 Å². The number of nitrogens with one attached hydrogen (secondary N) is 1. The lowest BCUT2D eigenvalue weighted by Gasteiger charge is -2.29. The number of nitrogens with zero attached hydrogens (tertiary/aromatic N) is 3. The van der Waals surface area contributed by atoms with Crippen LogP contribution in [0, 0.1) is 6.92 Å². The van der Waals surface area contributed by atoms with E-state index >= 15 is 0 Å². The zero-order valence-corrected chi connectivity index (χ0v) is 13.2. The molecule has 2 aromatic rings. The molecule has 116 valence electrons. The van der Waals surface area contributed by atoms with E-state index in [1.807, 2.05) is 13.0 Å². The van der Waals surface area contributed by atoms with Crippen molar-refractivity contribution in [3.05, 3.63) is 41.6 Å². The Morgan fingerprint density at radius 3 is 3.00 bits per heavy atom. The number of ether oxygens (including phenoxy) is 1. The summed E-state index contributed by atoms with van der Waals surface area (Å²) in [6.45, 7) is 4.36. The molecular weight excluding hydrogens is 276 g/mol. The van der Waals surface area contributed by atoms with Crippen molar-refractivity contribution in [1.82, 2.24) is 9.97 Å². The Bertz CT molecular complexity index is 644. The molecule has 0 bridgehead atoms. The lowest BCUT2D eigenvalue weighted by molar-refractivity contribution is 0.210. The molecule has 1 aromatic heterocycles. The number of para-hydroxylation sites is 1. The van der Waals surface area contributed by atoms with Gasteiger partial charge in [-0.1, -0.05) is 18.2 Å². The topological polar surface area (TPSA) is 50.3 Å². The predicted octanol–water partition coefficient (Wildman–Crippen LogP) is 2.93. The second-order valence-corrected chi connectivity index (χ2v) is 5.50. The van der Waals surface area contributed by atoms with Gasteiger partial charge < -0.3 is 15.0 Å². The van der Waals surface area contributed by atoms with Crippen molar-refractivity contribution >= 4 is 17.5 Å². The fraction of sp³-hybridized carbons (Fsp3) is 0.412. The van der Waals surface area contributed by atoms with Gasteiger partial charge >= 0.3 is 0 Å². The number of hydrogen-bond donors (Lipinski definition) is 1. The smallest absolute Gasteiger partial charge is 0.232 e. The monoisotopic (exact) mass is 298 g/mol. The summed E-state index contributed by atoms with van der Waals surface area (Å²) in [5.41, 5.74) is 3.56. The quantitative estimate of drug-likeness (QED) is 0.860. The van der Waals surface area contributed by atoms with Crippen LogP contribution >= 0.6 is 0 Å². The lowest BCUT2D eigenvalue weighted by Crippen LogP contribution is -2.26. The second-order valence-electron chi connectivity index (χ2n) is 5.50. The zero-order valence-electron chi connectivity index (χ0n) is 13.2. The van der Waals surface area contributed by atoms with E-state index in [9.17, 15) is 0 Å². The van der Waals surface area contributed by atoms with E-state index in [1.165, 1.54) is 11.3 Å². The second kappa shape index (κ2) is 6.75. The van der Waals surface area contributed by atoms with E-state index in [-0.39, 0.29) is 0 Å². The summed E-state index contributed by atoms with van der Waals surface area (Å²) in [7, 11) is 1.70. The highest BCUT2D eigenvalue weighted by Gasteiger charge is 2.20. The number of aromatic nitrogens is 2. The third-order valence-corrected chi connectivity index (χ3v) is 3.81. The summed E-state index contributed by atoms with van der Waals surface area (Å²) in [5.74, 6) is 1.62. The fourth-order valence-electron chi connectivity index (χ4n) is 2.79. The van der Waals surface area contributed by atoms with Crippen LogP contribution in [0.15, 0.2) is 30.3 Å². The standard InChI is InChI=1S/C17H22N4O/c1-13-12-16(18-9-11-22-2)20-17(19-13)21-10-5-7-14-6-3-4-8-15(14)21/h3-4,6,8,12H,5,7,9-11H2,1-2H3,(H,18,19,20). The van der Waals surface area contributed by atoms with Gasteiger partial charge in [-0.3, -0.25) is 0 Å². The van der Waals surface area contributed by atoms with E-state index in [4.69, 9.17) is 4.74 Å². The Morgan fingerprint density at radius 1 is 1.27 bits per heavy atom. The summed E-state index contributed by atoms with van der Waals surface area (Å²) in [6.07, 6.45) is 2.25. The third-order valence-electron chi connectivity index (χ3n) is 3.81. The van der Waals surface area contributed by atoms with Gasteiger partial charge in [-0.05, 0) is 31.4 Å². The Morgan fingerprint density at radius 2 is 2.14 bits per heavy atom. The molecule has 5 nitrogen and oxygen atoms in total. The van der Waals surface area contributed by atoms with Crippen LogP contribution in [0.1, 0.15) is 17.7 Å². The molecule has 22 heavy (non-hydrogen) atoms. The van der Waals surface area contributed by atoms with E-state index in [0.717, 1.165) is 43.4 Å². The molecular formula is C17H22N4O. The van der Waals surface area contributed by atoms with Crippen molar-refractivity contribution in [2.24, 2.45) is 0 Å². The summed E-state index contributed by atoms with van der Waals surface area (Å²) in [6, 6.07) is 10.5. The van der Waals surface area contributed by atoms with Crippen LogP contribution in [-0.4, -0.2) is 36.8 Å². The van der Waals surface area contributed by atoms with E-state index in [0.29, 0.717) is 6.61 Å². The number of methoxy groups -OCH3 is 1. The average molecular weight is 298 g/mol. The maximum absolute atomic E-state index is 5.07. The highest BCUT2D eigenvalue weighted by molar-refractivity contribution is 5.64. The van der Waals surface area contributed by atoms with E-state index in [2.05, 4.69) is 44.5 Å². The molecule has 1 aliphatic heterocycles. The van der Waals surface area contributed by atoms with Gasteiger partial charge in [0.2, 0.25) is 5.95 Å². The van der Waals surface area contributed by atoms with Crippen LogP contribution in [0.2, 0.25) is 0 Å². The van der Waals surface area contributed by atoms with Gasteiger partial charge in [-0.15, -0.1) is 0 Å². The number of rotatable bonds is 5. The number of anilines is 3. The average Bonchev–Trinajstić information content (AvgIpc) is 2.54. The SMILES string of the molecule is COCCNc1cc(C)nc(N2CCCc3ccccc32)n1. The first-order valence-electron chi connectivity index (χ1n) is 7.72. The van der Waals surface area contributed by atoms with Gasteiger partial charge in [-0.25, -0.2) is 4.98 Å². The molecule has 0 amide bonds. The van der Waals surface area contributed by atoms with Gasteiger partial charge in [0.1, 0.15) is 5.82 Å². The van der Waals surface area contributed by atoms with Crippen molar-refractivity contribution in [2.45, 2.75) is 19.8 Å². The van der Waals surface area contributed by atoms with Crippen molar-refractivity contribution in [2.75, 3.05) is 37.0 Å². The lowest BCUT2D eigenvalue weighted by atomic mass is 10.0. The van der Waals surface area contributed by atoms with E-state index in [1.54, 1.807) is 7.11 Å². The molecule has 0 spiro atoms. The van der Waals surface area contributed by atoms with Gasteiger partial charge in [0.25, 0.3) is 0 Å². The van der Waals surface area contributed by atoms with Crippen LogP contribution in [0.4, 0.5) is 17.5 Å². The molecule has 0 unspecified atom stereocenters. The number of fused-ring (bicyclic) bond motifs is 1. The number of aryl methyl sites for hydroxylation is 2. The summed E-state index contributed by atoms with van der Waals surface area (Å²) in [4.78, 5) is 11.5. The van der Waals surface area contributed by atoms with Crippen molar-refractivity contribution < 1.29 is 4.74 Å². The molecule has 0 fully saturated rings. The Kier molecular flexibility index (Phi) is 4.53. The minimum atomic E-state index is 0.658. The van der Waals surface area contributed by atoms with Gasteiger partial charge in [0, 0.05) is 37.6 Å². The normalized spacial score (nSPS) is 13.8. The maximum Gasteiger partial charge on any atom is 0.232 e. The molecule has 1 aromatic carbocycles. The zero-order chi connectivity index (χ0) is 15.4. The molecule has 1 aliphatic rings. The minimum absolute atomic E-state index is 0.658. The minimum Gasteiger partial charge on any atom is -0.383 e. The largest absolute Gasteiger partial charge is 0.383 e. The van der Waals surface area contributed by atoms with Gasteiger partial charge in [0.15, 0.2) is 0 Å². The van der Waals surface area contributed by atoms with Crippen molar-refractivity contribution in [1.29, 1.82) is 0 Å². The Labute approximate surface area is 131 Å². The summed E-state index contributed by atoms with van der Waals surface area (Å²) in [5, 5.41) is 3.29. The van der Waals surface area contributed by atoms with Crippen LogP contribution in [-0.2, 0) is 11.2 Å². The first-order chi connectivity index (χ1) is 10.8. The van der Waals surface area contributed by atoms with Gasteiger partial charge in [-0.2, -0.15) is 4.98 Å². The first kappa shape index (κ1) is 14.8. The van der Waals surface area contributed by atoms with Gasteiger partial charge in [0.05, 0.1) is 6.61 Å². The highest BCUT2D eigenvalue weighted by atomic mass is 16.5. The Hall–Kier alpha value is -2.14. The molecule has 1 N–H and O–H groups in total. The molecule has 0 radical (unpaired) electrons. The van der Waals surface area contributed by atoms with Crippen molar-refractivity contribution in [3.8, 4) is 0 Å². The Balaban J connectivity index is 1.89. The molecule has 0 atom stereocenters. The van der Waals surface area contributed by atoms with Crippen LogP contribution < -0.4 is 10.2 Å². The molecule has 0 saturated carbocycles. The van der Waals surface area contributed by atoms with Crippen LogP contribution in [0.3, 0.4) is 0 Å². The highest BCUT2D eigenvalue weighted by Crippen LogP contribution is 2.31. The van der Waals surface area contributed by atoms with Crippen LogP contribution in [0.25, 0.3) is 0 Å². The van der Waals surface area contributed by atoms with Crippen molar-refractivity contribution in [3.63, 3.8) is 0 Å². The predicted molar refractivity (Wildman–Crippen MR) is 88.9 cm³/mol. The summed E-state index contributed by atoms with van der Waals surface area (Å²) >= 11 is 0. The molecule has 0 saturated heterocycles. The number of benzene rings is 1.